The minimum Gasteiger partial charge on any atom is -0.355 e. The van der Waals surface area contributed by atoms with Crippen molar-refractivity contribution < 1.29 is 14.4 Å². The van der Waals surface area contributed by atoms with E-state index in [1.54, 1.807) is 20.2 Å². The zero-order valence-electron chi connectivity index (χ0n) is 17.7. The third-order valence-electron chi connectivity index (χ3n) is 5.79. The van der Waals surface area contributed by atoms with E-state index < -0.39 is 0 Å². The topological polar surface area (TPSA) is 108 Å². The Morgan fingerprint density at radius 3 is 2.87 bits per heavy atom. The number of nitrogens with zero attached hydrogens (tertiary/aromatic N) is 4. The number of amides is 3. The molecule has 2 aliphatic heterocycles. The molecule has 4 rings (SSSR count). The number of hydrogen-bond acceptors (Lipinski definition) is 6. The van der Waals surface area contributed by atoms with Gasteiger partial charge in [-0.1, -0.05) is 12.1 Å². The van der Waals surface area contributed by atoms with Gasteiger partial charge in [-0.05, 0) is 31.9 Å². The van der Waals surface area contributed by atoms with E-state index in [4.69, 9.17) is 0 Å². The van der Waals surface area contributed by atoms with Gasteiger partial charge in [0, 0.05) is 32.3 Å². The van der Waals surface area contributed by atoms with Gasteiger partial charge in [-0.2, -0.15) is 0 Å². The summed E-state index contributed by atoms with van der Waals surface area (Å²) in [5.74, 6) is 0.323. The van der Waals surface area contributed by atoms with Gasteiger partial charge in [0.15, 0.2) is 0 Å². The van der Waals surface area contributed by atoms with Crippen molar-refractivity contribution in [2.75, 3.05) is 43.4 Å². The second-order valence-electron chi connectivity index (χ2n) is 7.91. The van der Waals surface area contributed by atoms with Gasteiger partial charge in [-0.15, -0.1) is 0 Å². The Morgan fingerprint density at radius 1 is 1.29 bits per heavy atom. The molecule has 31 heavy (non-hydrogen) atoms. The fraction of sp³-hybridized carbons (Fsp3) is 0.409. The van der Waals surface area contributed by atoms with Crippen LogP contribution in [0.1, 0.15) is 40.6 Å². The largest absolute Gasteiger partial charge is 0.355 e. The number of hydrogen-bond donors (Lipinski definition) is 2. The number of aromatic nitrogens is 2. The van der Waals surface area contributed by atoms with Crippen molar-refractivity contribution in [3.05, 3.63) is 47.5 Å². The number of para-hydroxylation sites is 2. The van der Waals surface area contributed by atoms with Gasteiger partial charge in [0.05, 0.1) is 35.7 Å². The highest BCUT2D eigenvalue weighted by molar-refractivity contribution is 6.02. The molecular weight excluding hydrogens is 396 g/mol. The van der Waals surface area contributed by atoms with Gasteiger partial charge in [-0.3, -0.25) is 14.4 Å². The van der Waals surface area contributed by atoms with Gasteiger partial charge in [-0.25, -0.2) is 9.97 Å². The molecule has 1 fully saturated rings. The number of fused-ring (bicyclic) bond motifs is 1. The summed E-state index contributed by atoms with van der Waals surface area (Å²) >= 11 is 0. The van der Waals surface area contributed by atoms with Gasteiger partial charge in [0.2, 0.25) is 11.8 Å². The molecule has 3 amide bonds. The van der Waals surface area contributed by atoms with Crippen LogP contribution in [0.15, 0.2) is 30.5 Å². The predicted molar refractivity (Wildman–Crippen MR) is 116 cm³/mol. The summed E-state index contributed by atoms with van der Waals surface area (Å²) in [5.41, 5.74) is 2.66. The Balaban J connectivity index is 1.45. The average molecular weight is 422 g/mol. The standard InChI is InChI=1S/C22H26N6O3/c1-14-16(22(31)23-2)10-24-21(25-14)15-6-5-9-27(11-15)20(30)13-28-12-19(29)26-17-7-3-4-8-18(17)28/h3-4,7-8,10,15H,5-6,9,11-13H2,1-2H3,(H,23,31)(H,26,29). The van der Waals surface area contributed by atoms with Crippen LogP contribution in [0.5, 0.6) is 0 Å². The maximum atomic E-state index is 13.1. The zero-order chi connectivity index (χ0) is 22.0. The molecule has 2 aromatic rings. The monoisotopic (exact) mass is 422 g/mol. The summed E-state index contributed by atoms with van der Waals surface area (Å²) in [6, 6.07) is 7.50. The van der Waals surface area contributed by atoms with Crippen LogP contribution >= 0.6 is 0 Å². The first-order valence-corrected chi connectivity index (χ1v) is 10.4. The maximum Gasteiger partial charge on any atom is 0.254 e. The first-order valence-electron chi connectivity index (χ1n) is 10.4. The van der Waals surface area contributed by atoms with Crippen LogP contribution < -0.4 is 15.5 Å². The summed E-state index contributed by atoms with van der Waals surface area (Å²) in [7, 11) is 1.57. The van der Waals surface area contributed by atoms with Crippen LogP contribution in [0.3, 0.4) is 0 Å². The number of piperidine rings is 1. The Bertz CT molecular complexity index is 1020. The molecule has 2 aliphatic rings. The maximum absolute atomic E-state index is 13.1. The van der Waals surface area contributed by atoms with Crippen molar-refractivity contribution >= 4 is 29.1 Å². The van der Waals surface area contributed by atoms with Gasteiger partial charge in [0.25, 0.3) is 5.91 Å². The SMILES string of the molecule is CNC(=O)c1cnc(C2CCCN(C(=O)CN3CC(=O)Nc4ccccc43)C2)nc1C. The molecule has 0 saturated carbocycles. The van der Waals surface area contributed by atoms with Gasteiger partial charge >= 0.3 is 0 Å². The molecule has 3 heterocycles. The molecule has 9 heteroatoms. The van der Waals surface area contributed by atoms with E-state index in [0.717, 1.165) is 24.2 Å². The number of aryl methyl sites for hydroxylation is 1. The van der Waals surface area contributed by atoms with Crippen LogP contribution in [0.25, 0.3) is 0 Å². The highest BCUT2D eigenvalue weighted by atomic mass is 16.2. The lowest BCUT2D eigenvalue weighted by atomic mass is 9.96. The highest BCUT2D eigenvalue weighted by Gasteiger charge is 2.30. The van der Waals surface area contributed by atoms with Crippen molar-refractivity contribution in [3.63, 3.8) is 0 Å². The lowest BCUT2D eigenvalue weighted by Crippen LogP contribution is -2.48. The van der Waals surface area contributed by atoms with Crippen molar-refractivity contribution in [3.8, 4) is 0 Å². The van der Waals surface area contributed by atoms with Crippen LogP contribution in [0.4, 0.5) is 11.4 Å². The molecule has 1 saturated heterocycles. The normalized spacial score (nSPS) is 18.3. The van der Waals surface area contributed by atoms with Gasteiger partial charge in [0.1, 0.15) is 5.82 Å². The van der Waals surface area contributed by atoms with Crippen molar-refractivity contribution in [2.45, 2.75) is 25.7 Å². The number of benzene rings is 1. The molecule has 1 atom stereocenters. The number of nitrogens with one attached hydrogen (secondary N) is 2. The summed E-state index contributed by atoms with van der Waals surface area (Å²) in [4.78, 5) is 49.6. The van der Waals surface area contributed by atoms with E-state index in [9.17, 15) is 14.4 Å². The van der Waals surface area contributed by atoms with E-state index in [0.29, 0.717) is 30.2 Å². The van der Waals surface area contributed by atoms with Crippen molar-refractivity contribution in [1.29, 1.82) is 0 Å². The fourth-order valence-corrected chi connectivity index (χ4v) is 4.16. The third kappa shape index (κ3) is 4.35. The van der Waals surface area contributed by atoms with E-state index >= 15 is 0 Å². The molecular formula is C22H26N6O3. The minimum absolute atomic E-state index is 0.0204. The molecule has 1 aromatic heterocycles. The smallest absolute Gasteiger partial charge is 0.254 e. The predicted octanol–water partition coefficient (Wildman–Crippen LogP) is 1.31. The number of carbonyl (C=O) groups excluding carboxylic acids is 3. The molecule has 1 unspecified atom stereocenters. The summed E-state index contributed by atoms with van der Waals surface area (Å²) in [6.07, 6.45) is 3.30. The van der Waals surface area contributed by atoms with E-state index in [2.05, 4.69) is 20.6 Å². The fourth-order valence-electron chi connectivity index (χ4n) is 4.16. The van der Waals surface area contributed by atoms with Gasteiger partial charge < -0.3 is 20.4 Å². The molecule has 2 N–H and O–H groups in total. The average Bonchev–Trinajstić information content (AvgIpc) is 2.78. The van der Waals surface area contributed by atoms with Crippen LogP contribution in [-0.4, -0.2) is 65.8 Å². The quantitative estimate of drug-likeness (QED) is 0.769. The lowest BCUT2D eigenvalue weighted by Gasteiger charge is -2.35. The second kappa shape index (κ2) is 8.71. The Hall–Kier alpha value is -3.49. The summed E-state index contributed by atoms with van der Waals surface area (Å²) in [5, 5.41) is 5.43. The first-order chi connectivity index (χ1) is 15.0. The molecule has 9 nitrogen and oxygen atoms in total. The Kier molecular flexibility index (Phi) is 5.83. The van der Waals surface area contributed by atoms with Crippen molar-refractivity contribution in [1.82, 2.24) is 20.2 Å². The first kappa shape index (κ1) is 20.8. The van der Waals surface area contributed by atoms with Crippen LogP contribution in [-0.2, 0) is 9.59 Å². The highest BCUT2D eigenvalue weighted by Crippen LogP contribution is 2.29. The van der Waals surface area contributed by atoms with E-state index in [-0.39, 0.29) is 36.7 Å². The van der Waals surface area contributed by atoms with Crippen molar-refractivity contribution in [2.24, 2.45) is 0 Å². The minimum atomic E-state index is -0.213. The second-order valence-corrected chi connectivity index (χ2v) is 7.91. The molecule has 0 bridgehead atoms. The lowest BCUT2D eigenvalue weighted by molar-refractivity contribution is -0.131. The Labute approximate surface area is 180 Å². The number of likely N-dealkylation sites (tertiary alicyclic amines) is 1. The van der Waals surface area contributed by atoms with E-state index in [1.807, 2.05) is 34.1 Å². The summed E-state index contributed by atoms with van der Waals surface area (Å²) in [6.45, 7) is 3.29. The number of anilines is 2. The molecule has 0 radical (unpaired) electrons. The van der Waals surface area contributed by atoms with Crippen LogP contribution in [0, 0.1) is 6.92 Å². The zero-order valence-corrected chi connectivity index (χ0v) is 17.7. The number of carbonyl (C=O) groups is 3. The Morgan fingerprint density at radius 2 is 2.10 bits per heavy atom. The number of rotatable bonds is 4. The van der Waals surface area contributed by atoms with Crippen LogP contribution in [0.2, 0.25) is 0 Å². The molecule has 162 valence electrons. The third-order valence-corrected chi connectivity index (χ3v) is 5.79. The van der Waals surface area contributed by atoms with E-state index in [1.165, 1.54) is 0 Å². The molecule has 0 aliphatic carbocycles. The molecule has 1 aromatic carbocycles. The summed E-state index contributed by atoms with van der Waals surface area (Å²) < 4.78 is 0. The molecule has 0 spiro atoms.